The van der Waals surface area contributed by atoms with Crippen LogP contribution >= 0.6 is 27.5 Å². The molecule has 0 aromatic heterocycles. The minimum atomic E-state index is -0.564. The smallest absolute Gasteiger partial charge is 0.249 e. The minimum Gasteiger partial charge on any atom is -0.495 e. The molecule has 0 radical (unpaired) electrons. The van der Waals surface area contributed by atoms with Crippen LogP contribution in [0.3, 0.4) is 0 Å². The van der Waals surface area contributed by atoms with E-state index in [2.05, 4.69) is 31.8 Å². The molecule has 0 aliphatic rings. The van der Waals surface area contributed by atoms with Crippen LogP contribution in [0.5, 0.6) is 17.2 Å². The van der Waals surface area contributed by atoms with E-state index in [-0.39, 0.29) is 0 Å². The third-order valence-electron chi connectivity index (χ3n) is 4.73. The van der Waals surface area contributed by atoms with Gasteiger partial charge in [-0.3, -0.25) is 9.59 Å². The van der Waals surface area contributed by atoms with Gasteiger partial charge in [0.2, 0.25) is 11.8 Å². The summed E-state index contributed by atoms with van der Waals surface area (Å²) < 4.78 is 17.5. The lowest BCUT2D eigenvalue weighted by Gasteiger charge is -2.14. The van der Waals surface area contributed by atoms with E-state index >= 15 is 0 Å². The number of carbonyl (C=O) groups is 2. The zero-order chi connectivity index (χ0) is 25.9. The van der Waals surface area contributed by atoms with Crippen LogP contribution in [0.4, 0.5) is 5.69 Å². The fourth-order valence-corrected chi connectivity index (χ4v) is 3.81. The molecule has 3 aromatic carbocycles. The second kappa shape index (κ2) is 13.5. The zero-order valence-corrected chi connectivity index (χ0v) is 22.1. The van der Waals surface area contributed by atoms with Gasteiger partial charge in [-0.15, -0.1) is 0 Å². The van der Waals surface area contributed by atoms with Crippen LogP contribution < -0.4 is 25.0 Å². The molecule has 2 N–H and O–H groups in total. The molecule has 2 amide bonds. The number of hydrogen-bond acceptors (Lipinski definition) is 6. The molecule has 36 heavy (non-hydrogen) atoms. The van der Waals surface area contributed by atoms with E-state index in [1.807, 2.05) is 19.1 Å². The van der Waals surface area contributed by atoms with Crippen molar-refractivity contribution in [2.75, 3.05) is 19.0 Å². The van der Waals surface area contributed by atoms with Crippen molar-refractivity contribution in [1.82, 2.24) is 5.43 Å². The van der Waals surface area contributed by atoms with E-state index in [0.29, 0.717) is 51.2 Å². The molecule has 0 unspecified atom stereocenters. The Bertz CT molecular complexity index is 1230. The van der Waals surface area contributed by atoms with E-state index in [1.165, 1.54) is 13.3 Å². The molecule has 0 fully saturated rings. The third kappa shape index (κ3) is 8.00. The van der Waals surface area contributed by atoms with E-state index in [0.717, 1.165) is 5.56 Å². The maximum atomic E-state index is 12.2. The largest absolute Gasteiger partial charge is 0.495 e. The second-order valence-electron chi connectivity index (χ2n) is 7.40. The minimum absolute atomic E-state index is 0.330. The molecule has 188 valence electrons. The number of rotatable bonds is 11. The third-order valence-corrected chi connectivity index (χ3v) is 5.57. The predicted octanol–water partition coefficient (Wildman–Crippen LogP) is 5.57. The van der Waals surface area contributed by atoms with Crippen LogP contribution in [-0.4, -0.2) is 31.7 Å². The number of methoxy groups -OCH3 is 1. The van der Waals surface area contributed by atoms with Crippen molar-refractivity contribution >= 4 is 51.2 Å². The van der Waals surface area contributed by atoms with Crippen molar-refractivity contribution in [2.24, 2.45) is 5.10 Å². The Balaban J connectivity index is 1.59. The van der Waals surface area contributed by atoms with E-state index < -0.39 is 18.2 Å². The first-order chi connectivity index (χ1) is 17.4. The Hall–Kier alpha value is -3.56. The molecule has 3 rings (SSSR count). The topological polar surface area (TPSA) is 98.2 Å². The van der Waals surface area contributed by atoms with Gasteiger partial charge in [0.15, 0.2) is 11.5 Å². The summed E-state index contributed by atoms with van der Waals surface area (Å²) in [5.41, 5.74) is 4.44. The number of halogens is 2. The first kappa shape index (κ1) is 27.0. The first-order valence-corrected chi connectivity index (χ1v) is 12.1. The van der Waals surface area contributed by atoms with Crippen molar-refractivity contribution in [3.63, 3.8) is 0 Å². The molecule has 0 heterocycles. The summed E-state index contributed by atoms with van der Waals surface area (Å²) in [4.78, 5) is 24.3. The predicted molar refractivity (Wildman–Crippen MR) is 143 cm³/mol. The number of benzene rings is 3. The standard InChI is InChI=1S/C26H25BrClN3O5/c1-3-35-23-13-18(12-20(27)26(23)36-16-17-8-10-19(28)11-9-17)15-29-31-25(33)14-24(32)30-21-6-4-5-7-22(21)34-2/h4-13,15H,3,14,16H2,1-2H3,(H,30,32)(H,31,33). The van der Waals surface area contributed by atoms with Gasteiger partial charge in [-0.25, -0.2) is 5.43 Å². The van der Waals surface area contributed by atoms with Gasteiger partial charge in [-0.2, -0.15) is 5.10 Å². The van der Waals surface area contributed by atoms with Gasteiger partial charge >= 0.3 is 0 Å². The SMILES string of the molecule is CCOc1cc(C=NNC(=O)CC(=O)Nc2ccccc2OC)cc(Br)c1OCc1ccc(Cl)cc1. The highest BCUT2D eigenvalue weighted by Crippen LogP contribution is 2.37. The van der Waals surface area contributed by atoms with Crippen LogP contribution in [0.1, 0.15) is 24.5 Å². The van der Waals surface area contributed by atoms with Gasteiger partial charge in [0, 0.05) is 5.02 Å². The summed E-state index contributed by atoms with van der Waals surface area (Å²) >= 11 is 9.45. The molecule has 10 heteroatoms. The number of amides is 2. The Morgan fingerprint density at radius 1 is 1.03 bits per heavy atom. The molecular formula is C26H25BrClN3O5. The molecule has 0 spiro atoms. The Labute approximate surface area is 222 Å². The van der Waals surface area contributed by atoms with Crippen molar-refractivity contribution in [3.8, 4) is 17.2 Å². The Kier molecular flexibility index (Phi) is 10.1. The summed E-state index contributed by atoms with van der Waals surface area (Å²) in [7, 11) is 1.50. The second-order valence-corrected chi connectivity index (χ2v) is 8.69. The molecule has 8 nitrogen and oxygen atoms in total. The molecular weight excluding hydrogens is 550 g/mol. The molecule has 0 atom stereocenters. The quantitative estimate of drug-likeness (QED) is 0.177. The lowest BCUT2D eigenvalue weighted by Crippen LogP contribution is -2.24. The number of nitrogens with one attached hydrogen (secondary N) is 2. The van der Waals surface area contributed by atoms with Gasteiger partial charge in [0.05, 0.1) is 30.1 Å². The highest BCUT2D eigenvalue weighted by Gasteiger charge is 2.13. The van der Waals surface area contributed by atoms with Gasteiger partial charge in [0.1, 0.15) is 18.8 Å². The lowest BCUT2D eigenvalue weighted by atomic mass is 10.2. The van der Waals surface area contributed by atoms with Gasteiger partial charge in [-0.1, -0.05) is 35.9 Å². The molecule has 0 bridgehead atoms. The van der Waals surface area contributed by atoms with Gasteiger partial charge in [-0.05, 0) is 70.4 Å². The van der Waals surface area contributed by atoms with Crippen molar-refractivity contribution in [3.05, 3.63) is 81.3 Å². The lowest BCUT2D eigenvalue weighted by molar-refractivity contribution is -0.126. The number of hydrogen-bond donors (Lipinski definition) is 2. The highest BCUT2D eigenvalue weighted by molar-refractivity contribution is 9.10. The number of anilines is 1. The summed E-state index contributed by atoms with van der Waals surface area (Å²) in [6, 6.07) is 17.8. The molecule has 0 saturated carbocycles. The number of carbonyl (C=O) groups excluding carboxylic acids is 2. The number of ether oxygens (including phenoxy) is 3. The Morgan fingerprint density at radius 3 is 2.50 bits per heavy atom. The normalized spacial score (nSPS) is 10.7. The van der Waals surface area contributed by atoms with E-state index in [9.17, 15) is 9.59 Å². The van der Waals surface area contributed by atoms with Crippen molar-refractivity contribution < 1.29 is 23.8 Å². The maximum absolute atomic E-state index is 12.2. The fraction of sp³-hybridized carbons (Fsp3) is 0.192. The monoisotopic (exact) mass is 573 g/mol. The van der Waals surface area contributed by atoms with Crippen molar-refractivity contribution in [2.45, 2.75) is 20.0 Å². The summed E-state index contributed by atoms with van der Waals surface area (Å²) in [6.45, 7) is 2.63. The van der Waals surface area contributed by atoms with Gasteiger partial charge in [0.25, 0.3) is 0 Å². The number of hydrazone groups is 1. The van der Waals surface area contributed by atoms with Crippen LogP contribution in [-0.2, 0) is 16.2 Å². The Morgan fingerprint density at radius 2 is 1.78 bits per heavy atom. The van der Waals surface area contributed by atoms with Crippen LogP contribution in [0.25, 0.3) is 0 Å². The summed E-state index contributed by atoms with van der Waals surface area (Å²) in [6.07, 6.45) is 1.05. The fourth-order valence-electron chi connectivity index (χ4n) is 3.11. The van der Waals surface area contributed by atoms with E-state index in [4.69, 9.17) is 25.8 Å². The summed E-state index contributed by atoms with van der Waals surface area (Å²) in [5, 5.41) is 7.25. The molecule has 0 aliphatic carbocycles. The van der Waals surface area contributed by atoms with E-state index in [1.54, 1.807) is 48.5 Å². The zero-order valence-electron chi connectivity index (χ0n) is 19.7. The van der Waals surface area contributed by atoms with Crippen LogP contribution in [0.2, 0.25) is 5.02 Å². The maximum Gasteiger partial charge on any atom is 0.249 e. The average molecular weight is 575 g/mol. The van der Waals surface area contributed by atoms with Gasteiger partial charge < -0.3 is 19.5 Å². The molecule has 0 saturated heterocycles. The van der Waals surface area contributed by atoms with Crippen molar-refractivity contribution in [1.29, 1.82) is 0 Å². The number of nitrogens with zero attached hydrogens (tertiary/aromatic N) is 1. The average Bonchev–Trinajstić information content (AvgIpc) is 2.85. The van der Waals surface area contributed by atoms with Crippen LogP contribution in [0.15, 0.2) is 70.2 Å². The van der Waals surface area contributed by atoms with Crippen LogP contribution in [0, 0.1) is 0 Å². The molecule has 3 aromatic rings. The number of para-hydroxylation sites is 2. The molecule has 0 aliphatic heterocycles. The highest BCUT2D eigenvalue weighted by atomic mass is 79.9. The summed E-state index contributed by atoms with van der Waals surface area (Å²) in [5.74, 6) is 0.507. The first-order valence-electron chi connectivity index (χ1n) is 11.0.